The third kappa shape index (κ3) is 7.16. The normalized spacial score (nSPS) is 18.0. The van der Waals surface area contributed by atoms with Gasteiger partial charge in [-0.25, -0.2) is 4.39 Å². The van der Waals surface area contributed by atoms with Crippen molar-refractivity contribution in [1.29, 1.82) is 0 Å². The molecule has 4 rings (SSSR count). The van der Waals surface area contributed by atoms with Crippen LogP contribution in [0.3, 0.4) is 0 Å². The van der Waals surface area contributed by atoms with E-state index in [-0.39, 0.29) is 53.5 Å². The smallest absolute Gasteiger partial charge is 0.323 e. The Balaban J connectivity index is 1.13. The van der Waals surface area contributed by atoms with Gasteiger partial charge in [0.25, 0.3) is 11.8 Å². The van der Waals surface area contributed by atoms with Gasteiger partial charge in [0.05, 0.1) is 23.4 Å². The summed E-state index contributed by atoms with van der Waals surface area (Å²) in [4.78, 5) is 62.3. The molecular formula is C27H32FN6O7S+. The molecule has 0 aromatic heterocycles. The van der Waals surface area contributed by atoms with Crippen LogP contribution in [0.25, 0.3) is 0 Å². The number of amides is 5. The lowest BCUT2D eigenvalue weighted by atomic mass is 10.0. The Morgan fingerprint density at radius 1 is 1.02 bits per heavy atom. The lowest BCUT2D eigenvalue weighted by molar-refractivity contribution is -0.136. The van der Waals surface area contributed by atoms with E-state index in [2.05, 4.69) is 20.7 Å². The lowest BCUT2D eigenvalue weighted by Crippen LogP contribution is -2.54. The van der Waals surface area contributed by atoms with Gasteiger partial charge in [0.1, 0.15) is 6.04 Å². The van der Waals surface area contributed by atoms with Crippen molar-refractivity contribution in [2.24, 2.45) is 0 Å². The van der Waals surface area contributed by atoms with Crippen molar-refractivity contribution in [2.75, 3.05) is 30.7 Å². The van der Waals surface area contributed by atoms with E-state index in [0.717, 1.165) is 23.8 Å². The number of benzene rings is 2. The summed E-state index contributed by atoms with van der Waals surface area (Å²) in [5, 5.41) is 7.84. The lowest BCUT2D eigenvalue weighted by Gasteiger charge is -2.27. The predicted octanol–water partition coefficient (Wildman–Crippen LogP) is 1.43. The van der Waals surface area contributed by atoms with Gasteiger partial charge in [-0.3, -0.25) is 34.2 Å². The Bertz CT molecular complexity index is 1470. The van der Waals surface area contributed by atoms with Crippen molar-refractivity contribution in [3.63, 3.8) is 0 Å². The second-order valence-electron chi connectivity index (χ2n) is 9.93. The molecule has 15 heteroatoms. The highest BCUT2D eigenvalue weighted by Gasteiger charge is 2.44. The number of piperidine rings is 1. The standard InChI is InChI=1S/C27H31FN6O7S/c28-20-14-17(6-8-21(20)29)42(40,41)32-12-4-2-1-3-11-30-24(36)15-31-16-5-7-18-19(13-16)27(39)34(26(18)38)22-9-10-23(35)33-25(22)37/h5-8,13-14,22H,1-4,9-12,15H2,(H6-,29,30,31,32,33,35,36,37,38,40,41)/p+1. The number of hydrogen-bond acceptors (Lipinski definition) is 8. The van der Waals surface area contributed by atoms with Crippen LogP contribution in [-0.2, 0) is 29.0 Å². The zero-order valence-electron chi connectivity index (χ0n) is 22.6. The molecule has 2 aromatic carbocycles. The van der Waals surface area contributed by atoms with Crippen molar-refractivity contribution in [3.05, 3.63) is 53.3 Å². The second kappa shape index (κ2) is 13.2. The fourth-order valence-electron chi connectivity index (χ4n) is 4.63. The number of hydrogen-bond donors (Lipinski definition) is 6. The highest BCUT2D eigenvalue weighted by Crippen LogP contribution is 2.29. The van der Waals surface area contributed by atoms with Crippen LogP contribution in [0.2, 0.25) is 0 Å². The number of nitrogen functional groups attached to an aromatic ring is 1. The number of anilines is 2. The van der Waals surface area contributed by atoms with Gasteiger partial charge in [-0.1, -0.05) is 12.8 Å². The first kappa shape index (κ1) is 30.7. The first-order valence-corrected chi connectivity index (χ1v) is 14.9. The van der Waals surface area contributed by atoms with E-state index in [1.54, 1.807) is 6.07 Å². The van der Waals surface area contributed by atoms with Gasteiger partial charge in [0.15, 0.2) is 5.82 Å². The van der Waals surface area contributed by atoms with Crippen LogP contribution in [0.1, 0.15) is 59.2 Å². The minimum absolute atomic E-state index is 0.0319. The molecule has 0 saturated carbocycles. The monoisotopic (exact) mass is 603 g/mol. The molecule has 1 fully saturated rings. The number of unbranched alkanes of at least 4 members (excludes halogenated alkanes) is 3. The third-order valence-corrected chi connectivity index (χ3v) is 8.40. The number of carbonyl (C=O) groups is 5. The van der Waals surface area contributed by atoms with Crippen LogP contribution in [-0.4, -0.2) is 64.7 Å². The Labute approximate surface area is 242 Å². The van der Waals surface area contributed by atoms with Crippen LogP contribution in [0.5, 0.6) is 0 Å². The molecule has 7 N–H and O–H groups in total. The topological polar surface area (TPSA) is 200 Å². The molecule has 2 aliphatic rings. The van der Waals surface area contributed by atoms with Crippen LogP contribution in [0.4, 0.5) is 15.8 Å². The first-order valence-electron chi connectivity index (χ1n) is 13.4. The van der Waals surface area contributed by atoms with Gasteiger partial charge >= 0.3 is 10.4 Å². The maximum absolute atomic E-state index is 13.6. The highest BCUT2D eigenvalue weighted by molar-refractivity contribution is 7.95. The summed E-state index contributed by atoms with van der Waals surface area (Å²) in [6.45, 7) is 0.601. The SMILES string of the molecule is Nc1ccc([S+](=O)(O)NCCCCCCNC(=O)CNc2ccc3c(c2)C(=O)N(C2CCC(=O)NC2=O)C3=O)cc1F. The number of nitrogens with zero attached hydrogens (tertiary/aromatic N) is 1. The number of imide groups is 2. The fraction of sp³-hybridized carbons (Fsp3) is 0.370. The molecule has 2 aliphatic heterocycles. The summed E-state index contributed by atoms with van der Waals surface area (Å²) < 4.78 is 38.5. The van der Waals surface area contributed by atoms with Gasteiger partial charge in [0, 0.05) is 37.3 Å². The summed E-state index contributed by atoms with van der Waals surface area (Å²) in [5.74, 6) is -3.41. The summed E-state index contributed by atoms with van der Waals surface area (Å²) in [7, 11) is -3.58. The van der Waals surface area contributed by atoms with Gasteiger partial charge in [-0.05, 0) is 47.7 Å². The predicted molar refractivity (Wildman–Crippen MR) is 151 cm³/mol. The minimum Gasteiger partial charge on any atom is -0.396 e. The van der Waals surface area contributed by atoms with E-state index in [9.17, 15) is 37.1 Å². The molecule has 2 atom stereocenters. The van der Waals surface area contributed by atoms with E-state index in [1.165, 1.54) is 24.3 Å². The quantitative estimate of drug-likeness (QED) is 0.0848. The summed E-state index contributed by atoms with van der Waals surface area (Å²) >= 11 is 0. The number of fused-ring (bicyclic) bond motifs is 1. The third-order valence-electron chi connectivity index (χ3n) is 6.91. The summed E-state index contributed by atoms with van der Waals surface area (Å²) in [5.41, 5.74) is 6.00. The molecule has 2 heterocycles. The molecule has 2 aromatic rings. The molecule has 1 saturated heterocycles. The zero-order valence-corrected chi connectivity index (χ0v) is 23.4. The maximum Gasteiger partial charge on any atom is 0.323 e. The van der Waals surface area contributed by atoms with Gasteiger partial charge in [0.2, 0.25) is 22.6 Å². The van der Waals surface area contributed by atoms with Crippen molar-refractivity contribution < 1.29 is 37.1 Å². The first-order chi connectivity index (χ1) is 20.0. The van der Waals surface area contributed by atoms with E-state index in [4.69, 9.17) is 5.73 Å². The largest absolute Gasteiger partial charge is 0.396 e. The van der Waals surface area contributed by atoms with Gasteiger partial charge in [-0.15, -0.1) is 4.72 Å². The average Bonchev–Trinajstić information content (AvgIpc) is 3.19. The van der Waals surface area contributed by atoms with E-state index < -0.39 is 45.9 Å². The second-order valence-corrected chi connectivity index (χ2v) is 11.7. The fourth-order valence-corrected chi connectivity index (χ4v) is 5.73. The van der Waals surface area contributed by atoms with Crippen LogP contribution < -0.4 is 26.4 Å². The highest BCUT2D eigenvalue weighted by atomic mass is 32.3. The molecule has 5 amide bonds. The molecule has 0 aliphatic carbocycles. The zero-order chi connectivity index (χ0) is 30.4. The molecule has 0 spiro atoms. The molecule has 224 valence electrons. The number of halogens is 1. The van der Waals surface area contributed by atoms with Crippen LogP contribution in [0, 0.1) is 5.82 Å². The van der Waals surface area contributed by atoms with Crippen molar-refractivity contribution in [3.8, 4) is 0 Å². The number of rotatable bonds is 13. The summed E-state index contributed by atoms with van der Waals surface area (Å²) in [6.07, 6.45) is 2.90. The maximum atomic E-state index is 13.6. The summed E-state index contributed by atoms with van der Waals surface area (Å²) in [6, 6.07) is 6.90. The van der Waals surface area contributed by atoms with Crippen molar-refractivity contribution in [1.82, 2.24) is 20.3 Å². The van der Waals surface area contributed by atoms with Crippen LogP contribution >= 0.6 is 0 Å². The Morgan fingerprint density at radius 2 is 1.74 bits per heavy atom. The molecule has 2 unspecified atom stereocenters. The minimum atomic E-state index is -3.58. The Kier molecular flexibility index (Phi) is 9.65. The van der Waals surface area contributed by atoms with E-state index >= 15 is 0 Å². The number of nitrogens with two attached hydrogens (primary N) is 1. The Morgan fingerprint density at radius 3 is 2.45 bits per heavy atom. The molecular weight excluding hydrogens is 571 g/mol. The van der Waals surface area contributed by atoms with E-state index in [1.807, 2.05) is 0 Å². The van der Waals surface area contributed by atoms with Gasteiger partial charge in [-0.2, -0.15) is 4.55 Å². The Hall–Kier alpha value is -4.21. The number of nitrogens with one attached hydrogen (secondary N) is 4. The van der Waals surface area contributed by atoms with Crippen LogP contribution in [0.15, 0.2) is 41.3 Å². The van der Waals surface area contributed by atoms with Gasteiger partial charge < -0.3 is 16.4 Å². The molecule has 0 bridgehead atoms. The molecule has 0 radical (unpaired) electrons. The van der Waals surface area contributed by atoms with Crippen molar-refractivity contribution >= 4 is 51.3 Å². The molecule has 13 nitrogen and oxygen atoms in total. The number of carbonyl (C=O) groups excluding carboxylic acids is 5. The van der Waals surface area contributed by atoms with Crippen molar-refractivity contribution in [2.45, 2.75) is 49.5 Å². The van der Waals surface area contributed by atoms with E-state index in [0.29, 0.717) is 25.1 Å². The molecule has 42 heavy (non-hydrogen) atoms. The average molecular weight is 604 g/mol.